The molecular weight excluding hydrogens is 501 g/mol. The SMILES string of the molecule is CCNC(=NCc1cccc(OCCN(C)C)c1)NC1CCN(c2ccccc2)C1.I. The van der Waals surface area contributed by atoms with Crippen molar-refractivity contribution < 1.29 is 4.74 Å². The second-order valence-electron chi connectivity index (χ2n) is 7.91. The molecule has 31 heavy (non-hydrogen) atoms. The molecule has 2 aromatic rings. The summed E-state index contributed by atoms with van der Waals surface area (Å²) in [6.45, 7) is 7.20. The number of nitrogens with one attached hydrogen (secondary N) is 2. The molecule has 1 aliphatic heterocycles. The molecule has 0 bridgehead atoms. The molecule has 0 radical (unpaired) electrons. The average molecular weight is 537 g/mol. The Morgan fingerprint density at radius 3 is 2.71 bits per heavy atom. The van der Waals surface area contributed by atoms with Crippen molar-refractivity contribution in [1.82, 2.24) is 15.5 Å². The molecule has 2 N–H and O–H groups in total. The number of hydrogen-bond acceptors (Lipinski definition) is 4. The smallest absolute Gasteiger partial charge is 0.191 e. The van der Waals surface area contributed by atoms with Crippen LogP contribution in [-0.4, -0.2) is 63.8 Å². The molecule has 7 heteroatoms. The van der Waals surface area contributed by atoms with Gasteiger partial charge in [-0.3, -0.25) is 0 Å². The Morgan fingerprint density at radius 2 is 1.97 bits per heavy atom. The Labute approximate surface area is 204 Å². The molecule has 170 valence electrons. The van der Waals surface area contributed by atoms with Gasteiger partial charge in [0.05, 0.1) is 6.54 Å². The monoisotopic (exact) mass is 537 g/mol. The Morgan fingerprint density at radius 1 is 1.16 bits per heavy atom. The van der Waals surface area contributed by atoms with Crippen molar-refractivity contribution in [2.24, 2.45) is 4.99 Å². The van der Waals surface area contributed by atoms with E-state index in [1.54, 1.807) is 0 Å². The predicted octanol–water partition coefficient (Wildman–Crippen LogP) is 3.58. The number of likely N-dealkylation sites (N-methyl/N-ethyl adjacent to an activating group) is 1. The van der Waals surface area contributed by atoms with Gasteiger partial charge in [-0.15, -0.1) is 24.0 Å². The van der Waals surface area contributed by atoms with Gasteiger partial charge in [0.2, 0.25) is 0 Å². The van der Waals surface area contributed by atoms with E-state index < -0.39 is 0 Å². The van der Waals surface area contributed by atoms with Gasteiger partial charge in [0.25, 0.3) is 0 Å². The van der Waals surface area contributed by atoms with E-state index >= 15 is 0 Å². The van der Waals surface area contributed by atoms with E-state index in [-0.39, 0.29) is 24.0 Å². The zero-order valence-electron chi connectivity index (χ0n) is 18.9. The quantitative estimate of drug-likeness (QED) is 0.291. The summed E-state index contributed by atoms with van der Waals surface area (Å²) < 4.78 is 5.85. The summed E-state index contributed by atoms with van der Waals surface area (Å²) in [6.07, 6.45) is 1.11. The van der Waals surface area contributed by atoms with Gasteiger partial charge in [-0.25, -0.2) is 4.99 Å². The van der Waals surface area contributed by atoms with E-state index in [0.717, 1.165) is 49.9 Å². The summed E-state index contributed by atoms with van der Waals surface area (Å²) in [6, 6.07) is 19.2. The zero-order valence-corrected chi connectivity index (χ0v) is 21.2. The van der Waals surface area contributed by atoms with Gasteiger partial charge in [-0.2, -0.15) is 0 Å². The van der Waals surface area contributed by atoms with E-state index in [4.69, 9.17) is 9.73 Å². The summed E-state index contributed by atoms with van der Waals surface area (Å²) in [5, 5.41) is 6.99. The Balaban J connectivity index is 0.00000341. The highest BCUT2D eigenvalue weighted by atomic mass is 127. The maximum Gasteiger partial charge on any atom is 0.191 e. The number of ether oxygens (including phenoxy) is 1. The first-order valence-electron chi connectivity index (χ1n) is 10.9. The summed E-state index contributed by atoms with van der Waals surface area (Å²) in [5.41, 5.74) is 2.43. The first-order valence-corrected chi connectivity index (χ1v) is 10.9. The van der Waals surface area contributed by atoms with Crippen LogP contribution in [0.2, 0.25) is 0 Å². The van der Waals surface area contributed by atoms with Crippen molar-refractivity contribution in [3.05, 3.63) is 60.2 Å². The van der Waals surface area contributed by atoms with E-state index in [1.165, 1.54) is 5.69 Å². The van der Waals surface area contributed by atoms with Crippen molar-refractivity contribution >= 4 is 35.6 Å². The number of guanidine groups is 1. The summed E-state index contributed by atoms with van der Waals surface area (Å²) in [5.74, 6) is 1.77. The van der Waals surface area contributed by atoms with Gasteiger partial charge in [-0.1, -0.05) is 30.3 Å². The minimum absolute atomic E-state index is 0. The number of aliphatic imine (C=N–C) groups is 1. The minimum Gasteiger partial charge on any atom is -0.492 e. The largest absolute Gasteiger partial charge is 0.492 e. The Kier molecular flexibility index (Phi) is 10.9. The van der Waals surface area contributed by atoms with Crippen molar-refractivity contribution in [2.75, 3.05) is 51.8 Å². The topological polar surface area (TPSA) is 52.1 Å². The molecule has 6 nitrogen and oxygen atoms in total. The highest BCUT2D eigenvalue weighted by Gasteiger charge is 2.23. The lowest BCUT2D eigenvalue weighted by molar-refractivity contribution is 0.261. The molecule has 0 aromatic heterocycles. The van der Waals surface area contributed by atoms with Gasteiger partial charge < -0.3 is 25.2 Å². The van der Waals surface area contributed by atoms with Crippen LogP contribution in [0.4, 0.5) is 5.69 Å². The Bertz CT molecular complexity index is 800. The highest BCUT2D eigenvalue weighted by Crippen LogP contribution is 2.19. The third kappa shape index (κ3) is 8.57. The summed E-state index contributed by atoms with van der Waals surface area (Å²) in [4.78, 5) is 9.35. The zero-order chi connectivity index (χ0) is 21.2. The van der Waals surface area contributed by atoms with Crippen LogP contribution in [-0.2, 0) is 6.54 Å². The molecule has 0 amide bonds. The predicted molar refractivity (Wildman–Crippen MR) is 141 cm³/mol. The molecule has 1 heterocycles. The van der Waals surface area contributed by atoms with E-state index in [9.17, 15) is 0 Å². The molecule has 1 saturated heterocycles. The first-order chi connectivity index (χ1) is 14.6. The fourth-order valence-electron chi connectivity index (χ4n) is 3.51. The third-order valence-corrected chi connectivity index (χ3v) is 5.12. The molecule has 1 aliphatic rings. The molecular formula is C24H36IN5O. The second kappa shape index (κ2) is 13.4. The molecule has 0 aliphatic carbocycles. The fourth-order valence-corrected chi connectivity index (χ4v) is 3.51. The molecule has 1 atom stereocenters. The van der Waals surface area contributed by atoms with E-state index in [1.807, 2.05) is 26.2 Å². The number of hydrogen-bond donors (Lipinski definition) is 2. The normalized spacial score (nSPS) is 16.2. The summed E-state index contributed by atoms with van der Waals surface area (Å²) in [7, 11) is 4.10. The van der Waals surface area contributed by atoms with Crippen molar-refractivity contribution in [3.63, 3.8) is 0 Å². The lowest BCUT2D eigenvalue weighted by atomic mass is 10.2. The van der Waals surface area contributed by atoms with E-state index in [0.29, 0.717) is 19.2 Å². The second-order valence-corrected chi connectivity index (χ2v) is 7.91. The van der Waals surface area contributed by atoms with E-state index in [2.05, 4.69) is 69.8 Å². The molecule has 1 unspecified atom stereocenters. The minimum atomic E-state index is 0. The first kappa shape index (κ1) is 25.3. The van der Waals surface area contributed by atoms with Crippen molar-refractivity contribution in [1.29, 1.82) is 0 Å². The fraction of sp³-hybridized carbons (Fsp3) is 0.458. The molecule has 0 spiro atoms. The number of para-hydroxylation sites is 1. The van der Waals surface area contributed by atoms with Crippen LogP contribution >= 0.6 is 24.0 Å². The number of nitrogens with zero attached hydrogens (tertiary/aromatic N) is 3. The lowest BCUT2D eigenvalue weighted by Crippen LogP contribution is -2.44. The number of rotatable bonds is 9. The number of halogens is 1. The van der Waals surface area contributed by atoms with Crippen LogP contribution in [0.3, 0.4) is 0 Å². The number of benzene rings is 2. The van der Waals surface area contributed by atoms with Gasteiger partial charge in [0.15, 0.2) is 5.96 Å². The van der Waals surface area contributed by atoms with Crippen LogP contribution < -0.4 is 20.3 Å². The summed E-state index contributed by atoms with van der Waals surface area (Å²) >= 11 is 0. The lowest BCUT2D eigenvalue weighted by Gasteiger charge is -2.20. The standard InChI is InChI=1S/C24H35N5O.HI/c1-4-25-24(27-21-13-14-29(19-21)22-10-6-5-7-11-22)26-18-20-9-8-12-23(17-20)30-16-15-28(2)3;/h5-12,17,21H,4,13-16,18-19H2,1-3H3,(H2,25,26,27);1H. The van der Waals surface area contributed by atoms with Crippen LogP contribution in [0.1, 0.15) is 18.9 Å². The van der Waals surface area contributed by atoms with Crippen LogP contribution in [0.25, 0.3) is 0 Å². The molecule has 1 fully saturated rings. The van der Waals surface area contributed by atoms with Crippen LogP contribution in [0.5, 0.6) is 5.75 Å². The highest BCUT2D eigenvalue weighted by molar-refractivity contribution is 14.0. The van der Waals surface area contributed by atoms with Crippen LogP contribution in [0.15, 0.2) is 59.6 Å². The van der Waals surface area contributed by atoms with Crippen molar-refractivity contribution in [3.8, 4) is 5.75 Å². The maximum absolute atomic E-state index is 5.85. The molecule has 0 saturated carbocycles. The third-order valence-electron chi connectivity index (χ3n) is 5.12. The maximum atomic E-state index is 5.85. The van der Waals surface area contributed by atoms with Crippen LogP contribution in [0, 0.1) is 0 Å². The van der Waals surface area contributed by atoms with Gasteiger partial charge in [0, 0.05) is 37.9 Å². The molecule has 2 aromatic carbocycles. The van der Waals surface area contributed by atoms with Crippen molar-refractivity contribution in [2.45, 2.75) is 25.9 Å². The average Bonchev–Trinajstić information content (AvgIpc) is 3.21. The Hall–Kier alpha value is -2.00. The van der Waals surface area contributed by atoms with Gasteiger partial charge in [0.1, 0.15) is 12.4 Å². The number of anilines is 1. The van der Waals surface area contributed by atoms with Gasteiger partial charge >= 0.3 is 0 Å². The van der Waals surface area contributed by atoms with Gasteiger partial charge in [-0.05, 0) is 57.3 Å². The molecule has 3 rings (SSSR count).